The third kappa shape index (κ3) is 5.20. The molecule has 0 saturated heterocycles. The summed E-state index contributed by atoms with van der Waals surface area (Å²) in [4.78, 5) is 0. The molecule has 0 amide bonds. The van der Waals surface area contributed by atoms with Crippen LogP contribution in [0.25, 0.3) is 0 Å². The molecular weight excluding hydrogens is 384 g/mol. The maximum Gasteiger partial charge on any atom is 0.0811 e. The molecule has 0 bridgehead atoms. The van der Waals surface area contributed by atoms with Crippen molar-refractivity contribution < 1.29 is 15.3 Å². The van der Waals surface area contributed by atoms with Crippen molar-refractivity contribution in [3.8, 4) is 0 Å². The van der Waals surface area contributed by atoms with E-state index in [1.54, 1.807) is 5.57 Å². The van der Waals surface area contributed by atoms with Gasteiger partial charge >= 0.3 is 0 Å². The van der Waals surface area contributed by atoms with Gasteiger partial charge in [0, 0.05) is 6.42 Å². The predicted molar refractivity (Wildman–Crippen MR) is 129 cm³/mol. The van der Waals surface area contributed by atoms with Gasteiger partial charge in [-0.25, -0.2) is 0 Å². The minimum absolute atomic E-state index is 0.202. The average Bonchev–Trinajstić information content (AvgIpc) is 3.06. The molecule has 31 heavy (non-hydrogen) atoms. The maximum atomic E-state index is 10.4. The zero-order chi connectivity index (χ0) is 23.0. The Labute approximate surface area is 190 Å². The van der Waals surface area contributed by atoms with Gasteiger partial charge in [-0.1, -0.05) is 58.9 Å². The van der Waals surface area contributed by atoms with Crippen molar-refractivity contribution in [3.63, 3.8) is 0 Å². The van der Waals surface area contributed by atoms with E-state index < -0.39 is 12.2 Å². The highest BCUT2D eigenvalue weighted by molar-refractivity contribution is 5.38. The van der Waals surface area contributed by atoms with Crippen LogP contribution in [-0.2, 0) is 0 Å². The molecule has 0 aromatic rings. The van der Waals surface area contributed by atoms with E-state index in [2.05, 4.69) is 53.3 Å². The van der Waals surface area contributed by atoms with Crippen molar-refractivity contribution in [2.75, 3.05) is 0 Å². The fraction of sp³-hybridized carbons (Fsp3) is 0.786. The van der Waals surface area contributed by atoms with Crippen molar-refractivity contribution in [1.29, 1.82) is 0 Å². The average molecular weight is 431 g/mol. The Morgan fingerprint density at radius 1 is 1.19 bits per heavy atom. The van der Waals surface area contributed by atoms with Crippen LogP contribution in [-0.4, -0.2) is 33.6 Å². The Morgan fingerprint density at radius 3 is 2.58 bits per heavy atom. The molecule has 3 rings (SSSR count). The summed E-state index contributed by atoms with van der Waals surface area (Å²) in [6.45, 7) is 15.6. The van der Waals surface area contributed by atoms with Crippen LogP contribution in [0.5, 0.6) is 0 Å². The van der Waals surface area contributed by atoms with Crippen LogP contribution >= 0.6 is 0 Å². The van der Waals surface area contributed by atoms with Crippen molar-refractivity contribution in [2.45, 2.75) is 111 Å². The largest absolute Gasteiger partial charge is 0.393 e. The van der Waals surface area contributed by atoms with E-state index in [4.69, 9.17) is 0 Å². The molecule has 3 N–H and O–H groups in total. The smallest absolute Gasteiger partial charge is 0.0811 e. The molecule has 1 unspecified atom stereocenters. The molecule has 3 nitrogen and oxygen atoms in total. The molecule has 0 aromatic carbocycles. The highest BCUT2D eigenvalue weighted by atomic mass is 16.3. The Morgan fingerprint density at radius 2 is 1.90 bits per heavy atom. The van der Waals surface area contributed by atoms with Gasteiger partial charge in [0.05, 0.1) is 18.3 Å². The van der Waals surface area contributed by atoms with Gasteiger partial charge in [0.15, 0.2) is 0 Å². The molecule has 6 atom stereocenters. The van der Waals surface area contributed by atoms with Crippen LogP contribution in [0.1, 0.15) is 92.4 Å². The molecule has 3 fully saturated rings. The molecule has 0 radical (unpaired) electrons. The molecular formula is C28H46O3. The Kier molecular flexibility index (Phi) is 7.61. The second kappa shape index (κ2) is 9.53. The molecule has 3 aliphatic carbocycles. The maximum absolute atomic E-state index is 10.4. The number of hydrogen-bond acceptors (Lipinski definition) is 3. The summed E-state index contributed by atoms with van der Waals surface area (Å²) < 4.78 is 0. The molecule has 0 spiro atoms. The van der Waals surface area contributed by atoms with Crippen molar-refractivity contribution in [1.82, 2.24) is 0 Å². The quantitative estimate of drug-likeness (QED) is 0.488. The summed E-state index contributed by atoms with van der Waals surface area (Å²) in [5.74, 6) is 1.62. The Bertz CT molecular complexity index is 716. The Hall–Kier alpha value is -0.900. The third-order valence-electron chi connectivity index (χ3n) is 9.03. The first-order chi connectivity index (χ1) is 14.5. The minimum atomic E-state index is -0.622. The first-order valence-corrected chi connectivity index (χ1v) is 12.6. The van der Waals surface area contributed by atoms with E-state index in [9.17, 15) is 15.3 Å². The molecule has 3 saturated carbocycles. The van der Waals surface area contributed by atoms with E-state index in [-0.39, 0.29) is 11.5 Å². The third-order valence-corrected chi connectivity index (χ3v) is 9.03. The second-order valence-corrected chi connectivity index (χ2v) is 11.9. The SMILES string of the molecule is C=C1/C(=C\C=C2CCC[C@@]3(C)C2CC[C@@H]3C(C)(C)CC[C@H](O)C(C)C)C[C@@H](O)C[C@H]1O. The number of fused-ring (bicyclic) bond motifs is 1. The number of aliphatic hydroxyl groups is 3. The van der Waals surface area contributed by atoms with Crippen LogP contribution in [0, 0.1) is 28.6 Å². The van der Waals surface area contributed by atoms with Crippen molar-refractivity contribution in [3.05, 3.63) is 35.5 Å². The van der Waals surface area contributed by atoms with E-state index in [0.717, 1.165) is 30.4 Å². The highest BCUT2D eigenvalue weighted by Crippen LogP contribution is 2.62. The molecule has 3 aliphatic rings. The van der Waals surface area contributed by atoms with Gasteiger partial charge in [0.2, 0.25) is 0 Å². The number of allylic oxidation sites excluding steroid dienone is 3. The summed E-state index contributed by atoms with van der Waals surface area (Å²) in [6, 6.07) is 0. The van der Waals surface area contributed by atoms with E-state index >= 15 is 0 Å². The van der Waals surface area contributed by atoms with E-state index in [0.29, 0.717) is 36.0 Å². The molecule has 0 aromatic heterocycles. The van der Waals surface area contributed by atoms with Gasteiger partial charge in [0.25, 0.3) is 0 Å². The number of hydrogen-bond donors (Lipinski definition) is 3. The van der Waals surface area contributed by atoms with Crippen molar-refractivity contribution in [2.24, 2.45) is 28.6 Å². The van der Waals surface area contributed by atoms with E-state index in [1.165, 1.54) is 25.7 Å². The lowest BCUT2D eigenvalue weighted by molar-refractivity contribution is 0.0237. The monoisotopic (exact) mass is 430 g/mol. The Balaban J connectivity index is 1.77. The summed E-state index contributed by atoms with van der Waals surface area (Å²) in [5, 5.41) is 30.6. The summed E-state index contributed by atoms with van der Waals surface area (Å²) in [7, 11) is 0. The topological polar surface area (TPSA) is 60.7 Å². The fourth-order valence-corrected chi connectivity index (χ4v) is 7.02. The van der Waals surface area contributed by atoms with Gasteiger partial charge in [-0.15, -0.1) is 0 Å². The fourth-order valence-electron chi connectivity index (χ4n) is 7.02. The van der Waals surface area contributed by atoms with Gasteiger partial charge < -0.3 is 15.3 Å². The molecule has 3 heteroatoms. The first-order valence-electron chi connectivity index (χ1n) is 12.6. The van der Waals surface area contributed by atoms with Crippen LogP contribution in [0.2, 0.25) is 0 Å². The van der Waals surface area contributed by atoms with Crippen molar-refractivity contribution >= 4 is 0 Å². The van der Waals surface area contributed by atoms with Gasteiger partial charge in [-0.05, 0) is 91.1 Å². The van der Waals surface area contributed by atoms with Gasteiger partial charge in [-0.3, -0.25) is 0 Å². The van der Waals surface area contributed by atoms with Gasteiger partial charge in [0.1, 0.15) is 0 Å². The van der Waals surface area contributed by atoms with E-state index in [1.807, 2.05) is 0 Å². The zero-order valence-electron chi connectivity index (χ0n) is 20.5. The summed E-state index contributed by atoms with van der Waals surface area (Å²) >= 11 is 0. The zero-order valence-corrected chi connectivity index (χ0v) is 20.5. The number of rotatable bonds is 6. The summed E-state index contributed by atoms with van der Waals surface area (Å²) in [6.07, 6.45) is 12.3. The van der Waals surface area contributed by atoms with Crippen LogP contribution in [0.3, 0.4) is 0 Å². The predicted octanol–water partition coefficient (Wildman–Crippen LogP) is 5.95. The lowest BCUT2D eigenvalue weighted by Crippen LogP contribution is -2.40. The highest BCUT2D eigenvalue weighted by Gasteiger charge is 2.53. The first kappa shape index (κ1) is 24.7. The molecule has 0 aliphatic heterocycles. The lowest BCUT2D eigenvalue weighted by Gasteiger charge is -2.48. The minimum Gasteiger partial charge on any atom is -0.393 e. The normalized spacial score (nSPS) is 38.2. The van der Waals surface area contributed by atoms with Gasteiger partial charge in [-0.2, -0.15) is 0 Å². The standard InChI is InChI=1S/C28H46O3/c1-18(2)24(30)13-15-27(4,5)26-12-11-23-20(8-7-14-28(23,26)6)9-10-21-16-22(29)17-25(31)19(21)3/h9-10,18,22-26,29-31H,3,7-8,11-17H2,1-2,4-6H3/b20-9?,21-10-/t22-,23?,24+,25-,26-,28+/m1/s1. The molecule has 0 heterocycles. The van der Waals surface area contributed by atoms with Crippen LogP contribution < -0.4 is 0 Å². The molecule has 176 valence electrons. The lowest BCUT2D eigenvalue weighted by atomic mass is 9.57. The van der Waals surface area contributed by atoms with Crippen LogP contribution in [0.15, 0.2) is 35.5 Å². The summed E-state index contributed by atoms with van der Waals surface area (Å²) in [5.41, 5.74) is 3.87. The second-order valence-electron chi connectivity index (χ2n) is 11.9. The number of aliphatic hydroxyl groups excluding tert-OH is 3. The van der Waals surface area contributed by atoms with Crippen LogP contribution in [0.4, 0.5) is 0 Å².